The number of nitrogens with two attached hydrogens (primary N) is 1. The molecule has 2 saturated heterocycles. The lowest BCUT2D eigenvalue weighted by atomic mass is 10.0. The lowest BCUT2D eigenvalue weighted by molar-refractivity contribution is -0.0494. The van der Waals surface area contributed by atoms with Crippen molar-refractivity contribution in [2.45, 2.75) is 51.2 Å². The maximum Gasteiger partial charge on any atom is 0.387 e. The SMILES string of the molecule is C[C@H]1CCN(c2nc(-c3cnc(N)c(OC(F)F)c3)cc(C3CCC(N4CCOCC4)C3)n2)C1. The third-order valence-electron chi connectivity index (χ3n) is 7.22. The van der Waals surface area contributed by atoms with Crippen molar-refractivity contribution in [3.8, 4) is 17.0 Å². The van der Waals surface area contributed by atoms with E-state index in [4.69, 9.17) is 20.4 Å². The molecule has 8 nitrogen and oxygen atoms in total. The van der Waals surface area contributed by atoms with E-state index < -0.39 is 6.61 Å². The number of ether oxygens (including phenoxy) is 2. The van der Waals surface area contributed by atoms with E-state index in [9.17, 15) is 8.78 Å². The van der Waals surface area contributed by atoms with Crippen LogP contribution in [0.4, 0.5) is 20.5 Å². The van der Waals surface area contributed by atoms with E-state index in [0.717, 1.165) is 70.8 Å². The molecule has 1 aliphatic carbocycles. The number of morpholine rings is 1. The van der Waals surface area contributed by atoms with Crippen molar-refractivity contribution < 1.29 is 18.3 Å². The Morgan fingerprint density at radius 2 is 1.94 bits per heavy atom. The number of rotatable bonds is 6. The molecule has 2 N–H and O–H groups in total. The molecule has 2 aromatic heterocycles. The van der Waals surface area contributed by atoms with Gasteiger partial charge in [-0.2, -0.15) is 8.78 Å². The van der Waals surface area contributed by atoms with Gasteiger partial charge in [-0.05, 0) is 43.7 Å². The summed E-state index contributed by atoms with van der Waals surface area (Å²) in [5.74, 6) is 1.39. The van der Waals surface area contributed by atoms with Crippen LogP contribution in [0.3, 0.4) is 0 Å². The first kappa shape index (κ1) is 23.2. The minimum atomic E-state index is -2.97. The number of hydrogen-bond donors (Lipinski definition) is 1. The van der Waals surface area contributed by atoms with Gasteiger partial charge in [-0.3, -0.25) is 4.90 Å². The summed E-state index contributed by atoms with van der Waals surface area (Å²) in [5, 5.41) is 0. The zero-order valence-corrected chi connectivity index (χ0v) is 19.5. The first-order valence-electron chi connectivity index (χ1n) is 12.1. The van der Waals surface area contributed by atoms with Gasteiger partial charge < -0.3 is 20.1 Å². The highest BCUT2D eigenvalue weighted by Crippen LogP contribution is 2.39. The van der Waals surface area contributed by atoms with E-state index in [1.807, 2.05) is 6.07 Å². The first-order valence-corrected chi connectivity index (χ1v) is 12.1. The number of halogens is 2. The molecular formula is C24H32F2N6O2. The molecule has 1 saturated carbocycles. The summed E-state index contributed by atoms with van der Waals surface area (Å²) >= 11 is 0. The molecule has 0 radical (unpaired) electrons. The van der Waals surface area contributed by atoms with E-state index in [-0.39, 0.29) is 11.6 Å². The molecule has 2 unspecified atom stereocenters. The summed E-state index contributed by atoms with van der Waals surface area (Å²) in [6, 6.07) is 4.00. The molecule has 0 amide bonds. The van der Waals surface area contributed by atoms with Gasteiger partial charge in [0.15, 0.2) is 11.6 Å². The standard InChI is InChI=1S/C24H32F2N6O2/c1-15-4-5-32(14-15)24-29-19(16-2-3-18(10-16)31-6-8-33-9-7-31)12-20(30-24)17-11-21(34-23(25)26)22(27)28-13-17/h11-13,15-16,18,23H,2-10,14H2,1H3,(H2,27,28)/t15-,16?,18?/m0/s1. The van der Waals surface area contributed by atoms with E-state index in [0.29, 0.717) is 35.1 Å². The lowest BCUT2D eigenvalue weighted by Gasteiger charge is -2.32. The number of anilines is 2. The quantitative estimate of drug-likeness (QED) is 0.680. The molecule has 3 fully saturated rings. The zero-order chi connectivity index (χ0) is 23.7. The maximum absolute atomic E-state index is 12.8. The minimum absolute atomic E-state index is 0.0731. The summed E-state index contributed by atoms with van der Waals surface area (Å²) in [6.07, 6.45) is 5.90. The Labute approximate surface area is 198 Å². The van der Waals surface area contributed by atoms with Crippen molar-refractivity contribution in [1.82, 2.24) is 19.9 Å². The Kier molecular flexibility index (Phi) is 6.78. The number of alkyl halides is 2. The zero-order valence-electron chi connectivity index (χ0n) is 19.5. The summed E-state index contributed by atoms with van der Waals surface area (Å²) in [5.41, 5.74) is 8.00. The van der Waals surface area contributed by atoms with Crippen molar-refractivity contribution in [1.29, 1.82) is 0 Å². The van der Waals surface area contributed by atoms with E-state index in [1.54, 1.807) is 6.20 Å². The fourth-order valence-electron chi connectivity index (χ4n) is 5.35. The molecule has 0 aromatic carbocycles. The lowest BCUT2D eigenvalue weighted by Crippen LogP contribution is -2.42. The second kappa shape index (κ2) is 9.95. The van der Waals surface area contributed by atoms with Crippen molar-refractivity contribution in [3.63, 3.8) is 0 Å². The summed E-state index contributed by atoms with van der Waals surface area (Å²) in [7, 11) is 0. The van der Waals surface area contributed by atoms with Crippen LogP contribution in [-0.4, -0.2) is 71.9 Å². The first-order chi connectivity index (χ1) is 16.5. The smallest absolute Gasteiger partial charge is 0.387 e. The third kappa shape index (κ3) is 5.07. The third-order valence-corrected chi connectivity index (χ3v) is 7.22. The van der Waals surface area contributed by atoms with Gasteiger partial charge in [-0.15, -0.1) is 0 Å². The maximum atomic E-state index is 12.8. The van der Waals surface area contributed by atoms with Crippen LogP contribution >= 0.6 is 0 Å². The number of pyridine rings is 1. The molecule has 0 bridgehead atoms. The second-order valence-corrected chi connectivity index (χ2v) is 9.62. The molecule has 4 heterocycles. The van der Waals surface area contributed by atoms with Gasteiger partial charge in [0.1, 0.15) is 0 Å². The monoisotopic (exact) mass is 474 g/mol. The fraction of sp³-hybridized carbons (Fsp3) is 0.625. The summed E-state index contributed by atoms with van der Waals surface area (Å²) in [6.45, 7) is 4.62. The average Bonchev–Trinajstić information content (AvgIpc) is 3.50. The van der Waals surface area contributed by atoms with Crippen LogP contribution in [0.2, 0.25) is 0 Å². The van der Waals surface area contributed by atoms with E-state index in [1.165, 1.54) is 6.07 Å². The second-order valence-electron chi connectivity index (χ2n) is 9.62. The normalized spacial score (nSPS) is 25.9. The van der Waals surface area contributed by atoms with Gasteiger partial charge in [-0.25, -0.2) is 15.0 Å². The highest BCUT2D eigenvalue weighted by molar-refractivity contribution is 5.65. The Morgan fingerprint density at radius 1 is 1.12 bits per heavy atom. The number of nitrogen functional groups attached to an aromatic ring is 1. The van der Waals surface area contributed by atoms with Gasteiger partial charge in [-0.1, -0.05) is 6.92 Å². The molecular weight excluding hydrogens is 442 g/mol. The van der Waals surface area contributed by atoms with Crippen LogP contribution < -0.4 is 15.4 Å². The Hall–Kier alpha value is -2.59. The minimum Gasteiger partial charge on any atom is -0.431 e. The van der Waals surface area contributed by atoms with Gasteiger partial charge in [0.25, 0.3) is 0 Å². The van der Waals surface area contributed by atoms with Crippen LogP contribution in [0.1, 0.15) is 44.2 Å². The van der Waals surface area contributed by atoms with Gasteiger partial charge in [0.2, 0.25) is 5.95 Å². The highest BCUT2D eigenvalue weighted by Gasteiger charge is 2.33. The molecule has 10 heteroatoms. The van der Waals surface area contributed by atoms with Crippen LogP contribution in [0.25, 0.3) is 11.3 Å². The topological polar surface area (TPSA) is 89.6 Å². The van der Waals surface area contributed by atoms with Crippen molar-refractivity contribution in [2.24, 2.45) is 5.92 Å². The summed E-state index contributed by atoms with van der Waals surface area (Å²) in [4.78, 5) is 18.6. The van der Waals surface area contributed by atoms with Gasteiger partial charge in [0.05, 0.1) is 18.9 Å². The Balaban J connectivity index is 1.46. The molecule has 3 atom stereocenters. The molecule has 34 heavy (non-hydrogen) atoms. The van der Waals surface area contributed by atoms with E-state index in [2.05, 4.69) is 26.4 Å². The molecule has 2 aromatic rings. The van der Waals surface area contributed by atoms with Gasteiger partial charge >= 0.3 is 6.61 Å². The van der Waals surface area contributed by atoms with Crippen molar-refractivity contribution in [3.05, 3.63) is 24.0 Å². The fourth-order valence-corrected chi connectivity index (χ4v) is 5.35. The average molecular weight is 475 g/mol. The van der Waals surface area contributed by atoms with Crippen LogP contribution in [0.5, 0.6) is 5.75 Å². The van der Waals surface area contributed by atoms with E-state index >= 15 is 0 Å². The molecule has 3 aliphatic rings. The van der Waals surface area contributed by atoms with Crippen LogP contribution in [0.15, 0.2) is 18.3 Å². The van der Waals surface area contributed by atoms with Crippen molar-refractivity contribution >= 4 is 11.8 Å². The Bertz CT molecular complexity index is 1000. The van der Waals surface area contributed by atoms with Crippen molar-refractivity contribution in [2.75, 3.05) is 50.0 Å². The molecule has 5 rings (SSSR count). The number of nitrogens with zero attached hydrogens (tertiary/aromatic N) is 5. The highest BCUT2D eigenvalue weighted by atomic mass is 19.3. The molecule has 184 valence electrons. The van der Waals surface area contributed by atoms with Crippen LogP contribution in [-0.2, 0) is 4.74 Å². The van der Waals surface area contributed by atoms with Crippen LogP contribution in [0, 0.1) is 5.92 Å². The Morgan fingerprint density at radius 3 is 2.68 bits per heavy atom. The molecule has 0 spiro atoms. The largest absolute Gasteiger partial charge is 0.431 e. The number of hydrogen-bond acceptors (Lipinski definition) is 8. The predicted octanol–water partition coefficient (Wildman–Crippen LogP) is 3.54. The summed E-state index contributed by atoms with van der Waals surface area (Å²) < 4.78 is 35.8. The predicted molar refractivity (Wildman–Crippen MR) is 125 cm³/mol. The molecule has 2 aliphatic heterocycles. The number of aromatic nitrogens is 3. The van der Waals surface area contributed by atoms with Gasteiger partial charge in [0, 0.05) is 55.6 Å².